The van der Waals surface area contributed by atoms with E-state index in [1.54, 1.807) is 0 Å². The predicted octanol–water partition coefficient (Wildman–Crippen LogP) is 7.55. The van der Waals surface area contributed by atoms with E-state index in [2.05, 4.69) is 73.1 Å². The number of anilines is 2. The maximum Gasteiger partial charge on any atom is 0.161 e. The molecular weight excluding hydrogens is 436 g/mol. The minimum atomic E-state index is 0.549. The zero-order valence-electron chi connectivity index (χ0n) is 21.3. The first-order valence-electron chi connectivity index (χ1n) is 12.5. The zero-order valence-corrected chi connectivity index (χ0v) is 21.3. The molecule has 0 radical (unpaired) electrons. The molecule has 2 aliphatic rings. The summed E-state index contributed by atoms with van der Waals surface area (Å²) in [7, 11) is 0. The molecule has 0 atom stereocenters. The van der Waals surface area contributed by atoms with Gasteiger partial charge in [-0.1, -0.05) is 26.0 Å². The molecule has 5 heteroatoms. The first-order valence-corrected chi connectivity index (χ1v) is 12.5. The van der Waals surface area contributed by atoms with Crippen molar-refractivity contribution in [3.63, 3.8) is 0 Å². The van der Waals surface area contributed by atoms with Crippen molar-refractivity contribution in [3.05, 3.63) is 95.5 Å². The van der Waals surface area contributed by atoms with Crippen LogP contribution in [0.15, 0.2) is 95.5 Å². The Morgan fingerprint density at radius 3 is 1.89 bits per heavy atom. The van der Waals surface area contributed by atoms with Gasteiger partial charge < -0.3 is 24.0 Å². The third-order valence-corrected chi connectivity index (χ3v) is 6.22. The molecule has 2 aromatic rings. The lowest BCUT2D eigenvalue weighted by molar-refractivity contribution is 0.205. The third kappa shape index (κ3) is 6.10. The molecule has 0 aliphatic carbocycles. The van der Waals surface area contributed by atoms with Crippen LogP contribution in [0.2, 0.25) is 0 Å². The van der Waals surface area contributed by atoms with Crippen LogP contribution in [0.25, 0.3) is 0 Å². The molecule has 184 valence electrons. The van der Waals surface area contributed by atoms with E-state index in [0.29, 0.717) is 13.5 Å². The number of nitrogens with zero attached hydrogens (tertiary/aromatic N) is 2. The van der Waals surface area contributed by atoms with Crippen molar-refractivity contribution in [2.75, 3.05) is 36.4 Å². The molecule has 4 rings (SSSR count). The molecule has 0 bridgehead atoms. The second-order valence-corrected chi connectivity index (χ2v) is 8.81. The second kappa shape index (κ2) is 11.7. The highest BCUT2D eigenvalue weighted by molar-refractivity contribution is 5.53. The van der Waals surface area contributed by atoms with E-state index >= 15 is 0 Å². The fourth-order valence-electron chi connectivity index (χ4n) is 4.22. The fraction of sp³-hybridized carbons (Fsp3) is 0.333. The Labute approximate surface area is 209 Å². The van der Waals surface area contributed by atoms with E-state index in [1.165, 1.54) is 11.1 Å². The first kappa shape index (κ1) is 24.5. The van der Waals surface area contributed by atoms with E-state index in [1.807, 2.05) is 37.3 Å². The molecule has 0 saturated heterocycles. The Balaban J connectivity index is 1.36. The summed E-state index contributed by atoms with van der Waals surface area (Å²) >= 11 is 0. The van der Waals surface area contributed by atoms with E-state index in [-0.39, 0.29) is 0 Å². The van der Waals surface area contributed by atoms with Crippen molar-refractivity contribution >= 4 is 11.4 Å². The summed E-state index contributed by atoms with van der Waals surface area (Å²) in [6.07, 6.45) is 10.3. The summed E-state index contributed by atoms with van der Waals surface area (Å²) in [6, 6.07) is 16.4. The molecule has 0 N–H and O–H groups in total. The minimum absolute atomic E-state index is 0.549. The Hall–Kier alpha value is -3.60. The molecule has 2 aliphatic heterocycles. The number of hydrogen-bond acceptors (Lipinski definition) is 5. The van der Waals surface area contributed by atoms with Crippen molar-refractivity contribution in [1.29, 1.82) is 0 Å². The monoisotopic (exact) mass is 472 g/mol. The molecule has 0 unspecified atom stereocenters. The Kier molecular flexibility index (Phi) is 8.19. The van der Waals surface area contributed by atoms with Crippen LogP contribution < -0.4 is 14.5 Å². The van der Waals surface area contributed by atoms with Crippen LogP contribution in [-0.4, -0.2) is 26.6 Å². The molecule has 0 spiro atoms. The summed E-state index contributed by atoms with van der Waals surface area (Å²) in [5.41, 5.74) is 4.79. The number of hydrogen-bond donors (Lipinski definition) is 0. The SMILES string of the molecule is C/C=C\C1=C(CC)CN(c2ccc(Oc3ccc(N4COC(/C=C\CC)=C(C)C4)cc3)cc2)CO1. The number of benzene rings is 2. The lowest BCUT2D eigenvalue weighted by Gasteiger charge is -2.31. The van der Waals surface area contributed by atoms with Crippen LogP contribution in [0.1, 0.15) is 40.5 Å². The summed E-state index contributed by atoms with van der Waals surface area (Å²) < 4.78 is 18.0. The van der Waals surface area contributed by atoms with Gasteiger partial charge >= 0.3 is 0 Å². The second-order valence-electron chi connectivity index (χ2n) is 8.81. The average molecular weight is 473 g/mol. The zero-order chi connectivity index (χ0) is 24.6. The van der Waals surface area contributed by atoms with E-state index in [4.69, 9.17) is 14.2 Å². The highest BCUT2D eigenvalue weighted by Crippen LogP contribution is 2.30. The van der Waals surface area contributed by atoms with Crippen LogP contribution >= 0.6 is 0 Å². The molecule has 2 aromatic carbocycles. The van der Waals surface area contributed by atoms with E-state index in [0.717, 1.165) is 60.3 Å². The van der Waals surface area contributed by atoms with Crippen molar-refractivity contribution in [2.45, 2.75) is 40.5 Å². The number of allylic oxidation sites excluding steroid dienone is 4. The van der Waals surface area contributed by atoms with Gasteiger partial charge in [-0.3, -0.25) is 0 Å². The maximum atomic E-state index is 6.10. The van der Waals surface area contributed by atoms with E-state index in [9.17, 15) is 0 Å². The van der Waals surface area contributed by atoms with Crippen molar-refractivity contribution in [3.8, 4) is 11.5 Å². The standard InChI is InChI=1S/C30H36N2O3/c1-5-8-10-29-23(4)19-31(21-33-29)25-11-15-27(16-12-25)35-28-17-13-26(14-18-28)32-20-24(7-3)30(9-6-2)34-22-32/h6,8-18H,5,7,19-22H2,1-4H3/b9-6-,10-8-. The average Bonchev–Trinajstić information content (AvgIpc) is 2.89. The van der Waals surface area contributed by atoms with Gasteiger partial charge in [0.15, 0.2) is 13.5 Å². The number of ether oxygens (including phenoxy) is 3. The van der Waals surface area contributed by atoms with Crippen molar-refractivity contribution in [1.82, 2.24) is 0 Å². The molecule has 5 nitrogen and oxygen atoms in total. The van der Waals surface area contributed by atoms with Gasteiger partial charge in [-0.05, 0) is 98.5 Å². The largest absolute Gasteiger partial charge is 0.473 e. The van der Waals surface area contributed by atoms with E-state index < -0.39 is 0 Å². The van der Waals surface area contributed by atoms with Gasteiger partial charge in [-0.2, -0.15) is 0 Å². The van der Waals surface area contributed by atoms with Crippen LogP contribution in [-0.2, 0) is 9.47 Å². The van der Waals surface area contributed by atoms with Crippen LogP contribution in [0.5, 0.6) is 11.5 Å². The lowest BCUT2D eigenvalue weighted by atomic mass is 10.1. The highest BCUT2D eigenvalue weighted by atomic mass is 16.5. The Bertz CT molecular complexity index is 1110. The van der Waals surface area contributed by atoms with Gasteiger partial charge in [0.2, 0.25) is 0 Å². The summed E-state index contributed by atoms with van der Waals surface area (Å²) in [6.45, 7) is 11.3. The van der Waals surface area contributed by atoms with Crippen LogP contribution in [0, 0.1) is 0 Å². The quantitative estimate of drug-likeness (QED) is 0.396. The molecular formula is C30H36N2O3. The molecule has 0 amide bonds. The fourth-order valence-corrected chi connectivity index (χ4v) is 4.22. The van der Waals surface area contributed by atoms with Crippen LogP contribution in [0.3, 0.4) is 0 Å². The summed E-state index contributed by atoms with van der Waals surface area (Å²) in [5.74, 6) is 3.62. The van der Waals surface area contributed by atoms with Crippen LogP contribution in [0.4, 0.5) is 11.4 Å². The van der Waals surface area contributed by atoms with Gasteiger partial charge in [0.05, 0.1) is 0 Å². The van der Waals surface area contributed by atoms with Crippen molar-refractivity contribution < 1.29 is 14.2 Å². The third-order valence-electron chi connectivity index (χ3n) is 6.22. The normalized spacial score (nSPS) is 16.8. The van der Waals surface area contributed by atoms with Gasteiger partial charge in [0.25, 0.3) is 0 Å². The van der Waals surface area contributed by atoms with Gasteiger partial charge in [0, 0.05) is 24.5 Å². The topological polar surface area (TPSA) is 34.2 Å². The smallest absolute Gasteiger partial charge is 0.161 e. The Morgan fingerprint density at radius 2 is 1.37 bits per heavy atom. The van der Waals surface area contributed by atoms with Gasteiger partial charge in [-0.25, -0.2) is 0 Å². The molecule has 0 aromatic heterocycles. The van der Waals surface area contributed by atoms with Gasteiger partial charge in [-0.15, -0.1) is 0 Å². The summed E-state index contributed by atoms with van der Waals surface area (Å²) in [5, 5.41) is 0. The molecule has 2 heterocycles. The maximum absolute atomic E-state index is 6.10. The molecule has 0 saturated carbocycles. The molecule has 35 heavy (non-hydrogen) atoms. The van der Waals surface area contributed by atoms with Crippen molar-refractivity contribution in [2.24, 2.45) is 0 Å². The molecule has 0 fully saturated rings. The lowest BCUT2D eigenvalue weighted by Crippen LogP contribution is -2.32. The number of rotatable bonds is 8. The highest BCUT2D eigenvalue weighted by Gasteiger charge is 2.19. The van der Waals surface area contributed by atoms with Gasteiger partial charge in [0.1, 0.15) is 23.0 Å². The first-order chi connectivity index (χ1) is 17.1. The minimum Gasteiger partial charge on any atom is -0.473 e. The Morgan fingerprint density at radius 1 is 0.800 bits per heavy atom. The summed E-state index contributed by atoms with van der Waals surface area (Å²) in [4.78, 5) is 4.46. The predicted molar refractivity (Wildman–Crippen MR) is 144 cm³/mol.